The van der Waals surface area contributed by atoms with Gasteiger partial charge in [0.1, 0.15) is 5.82 Å². The van der Waals surface area contributed by atoms with Crippen LogP contribution >= 0.6 is 39.1 Å². The Hall–Kier alpha value is -0.610. The molecule has 0 aliphatic heterocycles. The standard InChI is InChI=1S/C14H10BrCl2FO/c15-9-2-1-8(12(16)6-9)5-14(19)11-4-3-10(18)7-13(11)17/h1-4,6-7,14,19H,5H2. The molecule has 0 spiro atoms. The molecule has 0 saturated heterocycles. The highest BCUT2D eigenvalue weighted by atomic mass is 79.9. The second kappa shape index (κ2) is 6.23. The second-order valence-corrected chi connectivity index (χ2v) is 5.85. The summed E-state index contributed by atoms with van der Waals surface area (Å²) < 4.78 is 13.8. The Morgan fingerprint density at radius 3 is 2.47 bits per heavy atom. The lowest BCUT2D eigenvalue weighted by Crippen LogP contribution is -2.03. The molecule has 0 aromatic heterocycles. The van der Waals surface area contributed by atoms with Crippen molar-refractivity contribution in [1.82, 2.24) is 0 Å². The molecule has 1 atom stereocenters. The van der Waals surface area contributed by atoms with Gasteiger partial charge in [-0.05, 0) is 35.4 Å². The number of aliphatic hydroxyl groups excluding tert-OH is 1. The maximum atomic E-state index is 13.0. The molecule has 0 radical (unpaired) electrons. The first-order valence-corrected chi connectivity index (χ1v) is 7.09. The van der Waals surface area contributed by atoms with Crippen LogP contribution in [0, 0.1) is 5.82 Å². The average Bonchev–Trinajstić information content (AvgIpc) is 2.32. The van der Waals surface area contributed by atoms with Crippen LogP contribution in [-0.2, 0) is 6.42 Å². The van der Waals surface area contributed by atoms with Gasteiger partial charge in [-0.1, -0.05) is 51.3 Å². The zero-order valence-corrected chi connectivity index (χ0v) is 12.8. The Morgan fingerprint density at radius 2 is 1.84 bits per heavy atom. The Labute approximate surface area is 129 Å². The van der Waals surface area contributed by atoms with Crippen molar-refractivity contribution in [2.24, 2.45) is 0 Å². The molecule has 2 rings (SSSR count). The minimum Gasteiger partial charge on any atom is -0.388 e. The molecule has 5 heteroatoms. The highest BCUT2D eigenvalue weighted by molar-refractivity contribution is 9.10. The number of aliphatic hydroxyl groups is 1. The van der Waals surface area contributed by atoms with Gasteiger partial charge in [0.05, 0.1) is 6.10 Å². The minimum atomic E-state index is -0.827. The second-order valence-electron chi connectivity index (χ2n) is 4.12. The molecule has 100 valence electrons. The van der Waals surface area contributed by atoms with Crippen molar-refractivity contribution in [1.29, 1.82) is 0 Å². The van der Waals surface area contributed by atoms with Crippen molar-refractivity contribution < 1.29 is 9.50 Å². The zero-order valence-electron chi connectivity index (χ0n) is 9.71. The molecular formula is C14H10BrCl2FO. The van der Waals surface area contributed by atoms with Crippen molar-refractivity contribution >= 4 is 39.1 Å². The molecule has 1 nitrogen and oxygen atoms in total. The van der Waals surface area contributed by atoms with E-state index < -0.39 is 11.9 Å². The summed E-state index contributed by atoms with van der Waals surface area (Å²) in [6.45, 7) is 0. The summed E-state index contributed by atoms with van der Waals surface area (Å²) in [5.41, 5.74) is 1.29. The Kier molecular flexibility index (Phi) is 4.85. The van der Waals surface area contributed by atoms with Crippen LogP contribution in [0.5, 0.6) is 0 Å². The van der Waals surface area contributed by atoms with Crippen LogP contribution in [0.25, 0.3) is 0 Å². The molecule has 1 N–H and O–H groups in total. The summed E-state index contributed by atoms with van der Waals surface area (Å²) >= 11 is 15.3. The van der Waals surface area contributed by atoms with E-state index in [0.717, 1.165) is 10.0 Å². The molecule has 0 fully saturated rings. The monoisotopic (exact) mass is 362 g/mol. The Bertz CT molecular complexity index is 604. The van der Waals surface area contributed by atoms with E-state index in [9.17, 15) is 9.50 Å². The van der Waals surface area contributed by atoms with E-state index in [0.29, 0.717) is 17.0 Å². The number of benzene rings is 2. The van der Waals surface area contributed by atoms with Crippen molar-refractivity contribution in [2.75, 3.05) is 0 Å². The molecule has 0 aliphatic carbocycles. The van der Waals surface area contributed by atoms with E-state index in [1.165, 1.54) is 18.2 Å². The van der Waals surface area contributed by atoms with Gasteiger partial charge < -0.3 is 5.11 Å². The molecule has 2 aromatic rings. The van der Waals surface area contributed by atoms with Gasteiger partial charge in [0.25, 0.3) is 0 Å². The largest absolute Gasteiger partial charge is 0.388 e. The van der Waals surface area contributed by atoms with E-state index in [1.807, 2.05) is 12.1 Å². The van der Waals surface area contributed by atoms with E-state index >= 15 is 0 Å². The van der Waals surface area contributed by atoms with Gasteiger partial charge in [-0.3, -0.25) is 0 Å². The van der Waals surface area contributed by atoms with Crippen LogP contribution in [-0.4, -0.2) is 5.11 Å². The summed E-state index contributed by atoms with van der Waals surface area (Å²) in [6, 6.07) is 9.37. The van der Waals surface area contributed by atoms with Crippen molar-refractivity contribution in [2.45, 2.75) is 12.5 Å². The lowest BCUT2D eigenvalue weighted by atomic mass is 10.0. The minimum absolute atomic E-state index is 0.209. The third-order valence-corrected chi connectivity index (χ3v) is 3.92. The summed E-state index contributed by atoms with van der Waals surface area (Å²) in [6.07, 6.45) is -0.510. The predicted molar refractivity (Wildman–Crippen MR) is 79.2 cm³/mol. The van der Waals surface area contributed by atoms with Crippen LogP contribution in [0.4, 0.5) is 4.39 Å². The highest BCUT2D eigenvalue weighted by Crippen LogP contribution is 2.29. The van der Waals surface area contributed by atoms with Gasteiger partial charge in [-0.15, -0.1) is 0 Å². The molecule has 0 heterocycles. The van der Waals surface area contributed by atoms with Gasteiger partial charge >= 0.3 is 0 Å². The number of halogens is 4. The first kappa shape index (κ1) is 14.8. The van der Waals surface area contributed by atoms with Gasteiger partial charge in [0, 0.05) is 20.9 Å². The zero-order chi connectivity index (χ0) is 14.0. The van der Waals surface area contributed by atoms with E-state index in [4.69, 9.17) is 23.2 Å². The van der Waals surface area contributed by atoms with Crippen LogP contribution < -0.4 is 0 Å². The SMILES string of the molecule is OC(Cc1ccc(Br)cc1Cl)c1ccc(F)cc1Cl. The summed E-state index contributed by atoms with van der Waals surface area (Å²) in [5, 5.41) is 10.9. The first-order valence-electron chi connectivity index (χ1n) is 5.54. The average molecular weight is 364 g/mol. The van der Waals surface area contributed by atoms with Crippen LogP contribution in [0.2, 0.25) is 10.0 Å². The topological polar surface area (TPSA) is 20.2 Å². The van der Waals surface area contributed by atoms with Crippen LogP contribution in [0.1, 0.15) is 17.2 Å². The molecule has 0 bridgehead atoms. The number of hydrogen-bond acceptors (Lipinski definition) is 1. The van der Waals surface area contributed by atoms with Gasteiger partial charge in [-0.2, -0.15) is 0 Å². The van der Waals surface area contributed by atoms with Crippen molar-refractivity contribution in [3.8, 4) is 0 Å². The van der Waals surface area contributed by atoms with Gasteiger partial charge in [0.15, 0.2) is 0 Å². The van der Waals surface area contributed by atoms with Crippen molar-refractivity contribution in [3.05, 3.63) is 67.9 Å². The van der Waals surface area contributed by atoms with Gasteiger partial charge in [-0.25, -0.2) is 4.39 Å². The maximum absolute atomic E-state index is 13.0. The molecule has 1 unspecified atom stereocenters. The highest BCUT2D eigenvalue weighted by Gasteiger charge is 2.14. The van der Waals surface area contributed by atoms with E-state index in [1.54, 1.807) is 6.07 Å². The Balaban J connectivity index is 2.23. The Morgan fingerprint density at radius 1 is 1.11 bits per heavy atom. The van der Waals surface area contributed by atoms with E-state index in [-0.39, 0.29) is 5.02 Å². The molecular weight excluding hydrogens is 354 g/mol. The number of hydrogen-bond donors (Lipinski definition) is 1. The molecule has 0 aliphatic rings. The molecule has 0 saturated carbocycles. The fraction of sp³-hybridized carbons (Fsp3) is 0.143. The van der Waals surface area contributed by atoms with Crippen LogP contribution in [0.3, 0.4) is 0 Å². The number of rotatable bonds is 3. The first-order chi connectivity index (χ1) is 8.97. The summed E-state index contributed by atoms with van der Waals surface area (Å²) in [7, 11) is 0. The smallest absolute Gasteiger partial charge is 0.124 e. The summed E-state index contributed by atoms with van der Waals surface area (Å²) in [5.74, 6) is -0.428. The fourth-order valence-electron chi connectivity index (χ4n) is 1.78. The predicted octanol–water partition coefficient (Wildman–Crippen LogP) is 5.17. The third-order valence-electron chi connectivity index (χ3n) is 2.75. The third kappa shape index (κ3) is 3.69. The molecule has 19 heavy (non-hydrogen) atoms. The molecule has 0 amide bonds. The van der Waals surface area contributed by atoms with E-state index in [2.05, 4.69) is 15.9 Å². The fourth-order valence-corrected chi connectivity index (χ4v) is 2.82. The quantitative estimate of drug-likeness (QED) is 0.797. The normalized spacial score (nSPS) is 12.5. The lowest BCUT2D eigenvalue weighted by molar-refractivity contribution is 0.178. The van der Waals surface area contributed by atoms with Crippen molar-refractivity contribution in [3.63, 3.8) is 0 Å². The lowest BCUT2D eigenvalue weighted by Gasteiger charge is -2.14. The molecule has 2 aromatic carbocycles. The maximum Gasteiger partial charge on any atom is 0.124 e. The van der Waals surface area contributed by atoms with Crippen LogP contribution in [0.15, 0.2) is 40.9 Å². The van der Waals surface area contributed by atoms with Gasteiger partial charge in [0.2, 0.25) is 0 Å². The summed E-state index contributed by atoms with van der Waals surface area (Å²) in [4.78, 5) is 0.